The topological polar surface area (TPSA) is 82.8 Å². The van der Waals surface area contributed by atoms with Gasteiger partial charge >= 0.3 is 5.97 Å². The highest BCUT2D eigenvalue weighted by Crippen LogP contribution is 2.33. The van der Waals surface area contributed by atoms with E-state index >= 15 is 0 Å². The second kappa shape index (κ2) is 6.70. The van der Waals surface area contributed by atoms with Gasteiger partial charge in [0, 0.05) is 18.2 Å². The molecule has 1 aromatic heterocycles. The zero-order valence-corrected chi connectivity index (χ0v) is 12.8. The molecule has 0 radical (unpaired) electrons. The van der Waals surface area contributed by atoms with Gasteiger partial charge < -0.3 is 19.3 Å². The molecule has 0 saturated carbocycles. The Labute approximate surface area is 133 Å². The van der Waals surface area contributed by atoms with E-state index in [1.807, 2.05) is 12.1 Å². The number of aromatic nitrogens is 2. The van der Waals surface area contributed by atoms with Crippen LogP contribution in [-0.4, -0.2) is 40.9 Å². The van der Waals surface area contributed by atoms with Crippen LogP contribution in [0.4, 0.5) is 0 Å². The van der Waals surface area contributed by atoms with E-state index in [-0.39, 0.29) is 12.8 Å². The maximum atomic E-state index is 10.7. The van der Waals surface area contributed by atoms with E-state index in [4.69, 9.17) is 19.3 Å². The summed E-state index contributed by atoms with van der Waals surface area (Å²) < 4.78 is 18.0. The minimum Gasteiger partial charge on any atom is -0.493 e. The molecule has 1 saturated heterocycles. The number of carbonyl (C=O) groups is 1. The Balaban J connectivity index is 1.84. The molecule has 1 unspecified atom stereocenters. The van der Waals surface area contributed by atoms with Crippen LogP contribution in [0.3, 0.4) is 0 Å². The zero-order valence-electron chi connectivity index (χ0n) is 12.8. The molecule has 122 valence electrons. The van der Waals surface area contributed by atoms with Crippen molar-refractivity contribution in [1.29, 1.82) is 0 Å². The van der Waals surface area contributed by atoms with Gasteiger partial charge in [-0.1, -0.05) is 0 Å². The van der Waals surface area contributed by atoms with Crippen molar-refractivity contribution in [2.45, 2.75) is 25.7 Å². The molecule has 1 aromatic carbocycles. The number of hydrogen-bond donors (Lipinski definition) is 1. The number of rotatable bonds is 6. The minimum atomic E-state index is -0.934. The van der Waals surface area contributed by atoms with Gasteiger partial charge in [-0.3, -0.25) is 9.48 Å². The number of hydrogen-bond acceptors (Lipinski definition) is 5. The van der Waals surface area contributed by atoms with Crippen molar-refractivity contribution in [2.75, 3.05) is 13.7 Å². The molecule has 1 aliphatic heterocycles. The monoisotopic (exact) mass is 318 g/mol. The largest absolute Gasteiger partial charge is 0.493 e. The first kappa shape index (κ1) is 15.4. The molecule has 3 rings (SSSR count). The summed E-state index contributed by atoms with van der Waals surface area (Å²) in [6.45, 7) is 0.529. The molecular formula is C16H18N2O5. The van der Waals surface area contributed by atoms with E-state index in [1.54, 1.807) is 25.4 Å². The second-order valence-corrected chi connectivity index (χ2v) is 5.22. The first-order valence-electron chi connectivity index (χ1n) is 7.37. The van der Waals surface area contributed by atoms with Crippen molar-refractivity contribution in [3.8, 4) is 22.8 Å². The molecule has 0 amide bonds. The molecule has 2 aromatic rings. The number of aliphatic carboxylic acids is 1. The molecular weight excluding hydrogens is 300 g/mol. The van der Waals surface area contributed by atoms with E-state index < -0.39 is 5.97 Å². The Hall–Kier alpha value is -2.54. The Morgan fingerprint density at radius 1 is 1.43 bits per heavy atom. The van der Waals surface area contributed by atoms with Gasteiger partial charge in [-0.05, 0) is 30.7 Å². The third-order valence-electron chi connectivity index (χ3n) is 3.54. The highest BCUT2D eigenvalue weighted by atomic mass is 16.7. The molecule has 1 N–H and O–H groups in total. The molecule has 7 heteroatoms. The van der Waals surface area contributed by atoms with Crippen LogP contribution in [0.15, 0.2) is 30.5 Å². The normalized spacial score (nSPS) is 17.2. The summed E-state index contributed by atoms with van der Waals surface area (Å²) in [7, 11) is 1.58. The van der Waals surface area contributed by atoms with Crippen molar-refractivity contribution in [3.05, 3.63) is 30.5 Å². The second-order valence-electron chi connectivity index (χ2n) is 5.22. The van der Waals surface area contributed by atoms with Gasteiger partial charge in [0.15, 0.2) is 17.8 Å². The number of methoxy groups -OCH3 is 1. The fourth-order valence-electron chi connectivity index (χ4n) is 2.45. The molecule has 0 spiro atoms. The molecule has 1 fully saturated rings. The predicted molar refractivity (Wildman–Crippen MR) is 81.5 cm³/mol. The average molecular weight is 318 g/mol. The van der Waals surface area contributed by atoms with Crippen LogP contribution in [0, 0.1) is 0 Å². The van der Waals surface area contributed by atoms with Gasteiger partial charge in [0.05, 0.1) is 19.4 Å². The van der Waals surface area contributed by atoms with Gasteiger partial charge in [0.1, 0.15) is 6.54 Å². The molecule has 1 atom stereocenters. The number of benzene rings is 1. The minimum absolute atomic E-state index is 0.171. The van der Waals surface area contributed by atoms with Crippen molar-refractivity contribution >= 4 is 5.97 Å². The standard InChI is InChI=1S/C16H18N2O5/c1-21-13-5-4-11(9-14(13)23-16-3-2-8-22-16)12-6-7-18(17-12)10-15(19)20/h4-7,9,16H,2-3,8,10H2,1H3,(H,19,20). The van der Waals surface area contributed by atoms with Crippen molar-refractivity contribution in [2.24, 2.45) is 0 Å². The van der Waals surface area contributed by atoms with Crippen molar-refractivity contribution in [1.82, 2.24) is 9.78 Å². The molecule has 2 heterocycles. The summed E-state index contributed by atoms with van der Waals surface area (Å²) in [5, 5.41) is 13.1. The molecule has 1 aliphatic rings. The van der Waals surface area contributed by atoms with Crippen LogP contribution in [-0.2, 0) is 16.1 Å². The van der Waals surface area contributed by atoms with Gasteiger partial charge in [-0.2, -0.15) is 5.10 Å². The van der Waals surface area contributed by atoms with Crippen molar-refractivity contribution in [3.63, 3.8) is 0 Å². The smallest absolute Gasteiger partial charge is 0.325 e. The zero-order chi connectivity index (χ0) is 16.2. The third-order valence-corrected chi connectivity index (χ3v) is 3.54. The summed E-state index contributed by atoms with van der Waals surface area (Å²) in [6.07, 6.45) is 3.20. The Kier molecular flexibility index (Phi) is 4.47. The van der Waals surface area contributed by atoms with E-state index in [0.717, 1.165) is 18.4 Å². The molecule has 23 heavy (non-hydrogen) atoms. The van der Waals surface area contributed by atoms with Crippen LogP contribution in [0.1, 0.15) is 12.8 Å². The van der Waals surface area contributed by atoms with E-state index in [2.05, 4.69) is 5.10 Å². The molecule has 7 nitrogen and oxygen atoms in total. The lowest BCUT2D eigenvalue weighted by molar-refractivity contribution is -0.137. The quantitative estimate of drug-likeness (QED) is 0.879. The summed E-state index contributed by atoms with van der Waals surface area (Å²) >= 11 is 0. The van der Waals surface area contributed by atoms with Crippen LogP contribution in [0.2, 0.25) is 0 Å². The summed E-state index contributed by atoms with van der Waals surface area (Å²) in [6, 6.07) is 7.25. The van der Waals surface area contributed by atoms with E-state index in [0.29, 0.717) is 23.8 Å². The summed E-state index contributed by atoms with van der Waals surface area (Å²) in [5.74, 6) is 0.274. The first-order valence-corrected chi connectivity index (χ1v) is 7.37. The van der Waals surface area contributed by atoms with Crippen LogP contribution < -0.4 is 9.47 Å². The maximum absolute atomic E-state index is 10.7. The summed E-state index contributed by atoms with van der Waals surface area (Å²) in [4.78, 5) is 10.7. The Morgan fingerprint density at radius 2 is 2.30 bits per heavy atom. The highest BCUT2D eigenvalue weighted by Gasteiger charge is 2.19. The number of carboxylic acids is 1. The fourth-order valence-corrected chi connectivity index (χ4v) is 2.45. The van der Waals surface area contributed by atoms with Gasteiger partial charge in [0.25, 0.3) is 0 Å². The molecule has 0 bridgehead atoms. The lowest BCUT2D eigenvalue weighted by atomic mass is 10.1. The van der Waals surface area contributed by atoms with Gasteiger partial charge in [0.2, 0.25) is 0 Å². The fraction of sp³-hybridized carbons (Fsp3) is 0.375. The molecule has 0 aliphatic carbocycles. The van der Waals surface area contributed by atoms with Crippen molar-refractivity contribution < 1.29 is 24.1 Å². The lowest BCUT2D eigenvalue weighted by Crippen LogP contribution is -2.14. The van der Waals surface area contributed by atoms with Crippen LogP contribution >= 0.6 is 0 Å². The highest BCUT2D eigenvalue weighted by molar-refractivity contribution is 5.67. The van der Waals surface area contributed by atoms with Gasteiger partial charge in [-0.15, -0.1) is 0 Å². The van der Waals surface area contributed by atoms with E-state index in [1.165, 1.54) is 4.68 Å². The maximum Gasteiger partial charge on any atom is 0.325 e. The average Bonchev–Trinajstić information content (AvgIpc) is 3.18. The summed E-state index contributed by atoms with van der Waals surface area (Å²) in [5.41, 5.74) is 1.49. The predicted octanol–water partition coefficient (Wildman–Crippen LogP) is 2.16. The van der Waals surface area contributed by atoms with E-state index in [9.17, 15) is 4.79 Å². The van der Waals surface area contributed by atoms with Gasteiger partial charge in [-0.25, -0.2) is 0 Å². The third kappa shape index (κ3) is 3.62. The van der Waals surface area contributed by atoms with Crippen LogP contribution in [0.5, 0.6) is 11.5 Å². The Morgan fingerprint density at radius 3 is 3.00 bits per heavy atom. The number of nitrogens with zero attached hydrogens (tertiary/aromatic N) is 2. The number of ether oxygens (including phenoxy) is 3. The lowest BCUT2D eigenvalue weighted by Gasteiger charge is -2.16. The Bertz CT molecular complexity index is 692. The number of carboxylic acid groups (broad SMARTS) is 1. The SMILES string of the molecule is COc1ccc(-c2ccn(CC(=O)O)n2)cc1OC1CCCO1. The first-order chi connectivity index (χ1) is 11.2. The van der Waals surface area contributed by atoms with Crippen LogP contribution in [0.25, 0.3) is 11.3 Å².